The van der Waals surface area contributed by atoms with Gasteiger partial charge in [0.2, 0.25) is 5.95 Å². The molecule has 1 aromatic heterocycles. The highest BCUT2D eigenvalue weighted by Gasteiger charge is 2.20. The van der Waals surface area contributed by atoms with Gasteiger partial charge in [-0.3, -0.25) is 4.57 Å². The van der Waals surface area contributed by atoms with E-state index in [1.807, 2.05) is 20.8 Å². The summed E-state index contributed by atoms with van der Waals surface area (Å²) in [5, 5.41) is 0. The minimum Gasteiger partial charge on any atom is -0.368 e. The Hall–Kier alpha value is -1.39. The Kier molecular flexibility index (Phi) is 2.11. The van der Waals surface area contributed by atoms with Gasteiger partial charge >= 0.3 is 5.69 Å². The van der Waals surface area contributed by atoms with Crippen molar-refractivity contribution in [1.82, 2.24) is 14.5 Å². The number of anilines is 1. The number of hydrogen-bond donors (Lipinski definition) is 1. The zero-order valence-electron chi connectivity index (χ0n) is 8.33. The second-order valence-corrected chi connectivity index (χ2v) is 4.00. The molecule has 0 spiro atoms. The molecule has 0 fully saturated rings. The molecule has 0 aliphatic carbocycles. The summed E-state index contributed by atoms with van der Waals surface area (Å²) >= 11 is 0. The maximum absolute atomic E-state index is 11.2. The Morgan fingerprint density at radius 3 is 2.31 bits per heavy atom. The lowest BCUT2D eigenvalue weighted by molar-refractivity contribution is 0.499. The Morgan fingerprint density at radius 1 is 1.31 bits per heavy atom. The Labute approximate surface area is 76.6 Å². The van der Waals surface area contributed by atoms with Crippen molar-refractivity contribution in [2.75, 3.05) is 5.73 Å². The van der Waals surface area contributed by atoms with Crippen molar-refractivity contribution in [2.24, 2.45) is 7.05 Å². The fourth-order valence-electron chi connectivity index (χ4n) is 1.14. The van der Waals surface area contributed by atoms with Crippen molar-refractivity contribution in [3.63, 3.8) is 0 Å². The Morgan fingerprint density at radius 2 is 1.85 bits per heavy atom. The molecule has 0 aromatic carbocycles. The van der Waals surface area contributed by atoms with Gasteiger partial charge in [-0.15, -0.1) is 0 Å². The van der Waals surface area contributed by atoms with Gasteiger partial charge in [0.25, 0.3) is 0 Å². The third-order valence-corrected chi connectivity index (χ3v) is 1.71. The van der Waals surface area contributed by atoms with Crippen LogP contribution in [0.25, 0.3) is 0 Å². The largest absolute Gasteiger partial charge is 0.368 e. The molecular formula is C8H14N4O. The monoisotopic (exact) mass is 182 g/mol. The predicted octanol–water partition coefficient (Wildman–Crippen LogP) is 0.0550. The van der Waals surface area contributed by atoms with Crippen LogP contribution >= 0.6 is 0 Å². The average Bonchev–Trinajstić information content (AvgIpc) is 1.94. The van der Waals surface area contributed by atoms with Crippen molar-refractivity contribution in [2.45, 2.75) is 26.2 Å². The second-order valence-electron chi connectivity index (χ2n) is 4.00. The lowest BCUT2D eigenvalue weighted by atomic mass is 9.95. The van der Waals surface area contributed by atoms with Crippen LogP contribution < -0.4 is 11.4 Å². The van der Waals surface area contributed by atoms with E-state index >= 15 is 0 Å². The van der Waals surface area contributed by atoms with Crippen molar-refractivity contribution in [3.8, 4) is 0 Å². The van der Waals surface area contributed by atoms with Gasteiger partial charge in [-0.25, -0.2) is 4.79 Å². The number of nitrogen functional groups attached to an aromatic ring is 1. The standard InChI is InChI=1S/C8H14N4O/c1-8(2,3)5-10-6(9)11-7(13)12(5)4/h1-4H3,(H2,9,11,13). The van der Waals surface area contributed by atoms with Crippen LogP contribution in [0.15, 0.2) is 4.79 Å². The smallest absolute Gasteiger partial charge is 0.351 e. The quantitative estimate of drug-likeness (QED) is 0.615. The van der Waals surface area contributed by atoms with E-state index in [9.17, 15) is 4.79 Å². The van der Waals surface area contributed by atoms with E-state index < -0.39 is 0 Å². The van der Waals surface area contributed by atoms with Gasteiger partial charge in [0.15, 0.2) is 0 Å². The zero-order chi connectivity index (χ0) is 10.2. The summed E-state index contributed by atoms with van der Waals surface area (Å²) in [7, 11) is 1.64. The minimum atomic E-state index is -0.363. The van der Waals surface area contributed by atoms with Crippen LogP contribution in [0.2, 0.25) is 0 Å². The summed E-state index contributed by atoms with van der Waals surface area (Å²) in [4.78, 5) is 18.8. The Bertz CT molecular complexity index is 375. The van der Waals surface area contributed by atoms with Crippen LogP contribution in [0.1, 0.15) is 26.6 Å². The molecule has 0 aliphatic rings. The van der Waals surface area contributed by atoms with Crippen LogP contribution in [0.5, 0.6) is 0 Å². The summed E-state index contributed by atoms with van der Waals surface area (Å²) in [6.45, 7) is 5.90. The van der Waals surface area contributed by atoms with Crippen LogP contribution in [-0.2, 0) is 12.5 Å². The third-order valence-electron chi connectivity index (χ3n) is 1.71. The van der Waals surface area contributed by atoms with Crippen LogP contribution in [0.3, 0.4) is 0 Å². The normalized spacial score (nSPS) is 11.7. The van der Waals surface area contributed by atoms with E-state index in [0.717, 1.165) is 0 Å². The molecule has 2 N–H and O–H groups in total. The molecule has 0 unspecified atom stereocenters. The first kappa shape index (κ1) is 9.70. The SMILES string of the molecule is Cn1c(C(C)(C)C)nc(N)nc1=O. The van der Waals surface area contributed by atoms with E-state index in [1.54, 1.807) is 7.05 Å². The second kappa shape index (κ2) is 2.83. The molecule has 0 radical (unpaired) electrons. The highest BCUT2D eigenvalue weighted by Crippen LogP contribution is 2.17. The number of hydrogen-bond acceptors (Lipinski definition) is 4. The number of nitrogens with zero attached hydrogens (tertiary/aromatic N) is 3. The highest BCUT2D eigenvalue weighted by molar-refractivity contribution is 5.16. The van der Waals surface area contributed by atoms with E-state index in [-0.39, 0.29) is 17.1 Å². The zero-order valence-corrected chi connectivity index (χ0v) is 8.33. The van der Waals surface area contributed by atoms with Gasteiger partial charge in [-0.2, -0.15) is 9.97 Å². The minimum absolute atomic E-state index is 0.0352. The van der Waals surface area contributed by atoms with Gasteiger partial charge in [0, 0.05) is 12.5 Å². The molecule has 1 heterocycles. The lowest BCUT2D eigenvalue weighted by Crippen LogP contribution is -2.32. The van der Waals surface area contributed by atoms with Gasteiger partial charge in [0.05, 0.1) is 0 Å². The fraction of sp³-hybridized carbons (Fsp3) is 0.625. The third kappa shape index (κ3) is 1.85. The topological polar surface area (TPSA) is 73.8 Å². The molecule has 0 bridgehead atoms. The van der Waals surface area contributed by atoms with E-state index in [2.05, 4.69) is 9.97 Å². The molecular weight excluding hydrogens is 168 g/mol. The maximum atomic E-state index is 11.2. The average molecular weight is 182 g/mol. The number of aromatic nitrogens is 3. The molecule has 72 valence electrons. The number of nitrogens with two attached hydrogens (primary N) is 1. The molecule has 0 atom stereocenters. The van der Waals surface area contributed by atoms with Crippen molar-refractivity contribution >= 4 is 5.95 Å². The number of rotatable bonds is 0. The summed E-state index contributed by atoms with van der Waals surface area (Å²) in [6, 6.07) is 0. The Balaban J connectivity index is 3.46. The van der Waals surface area contributed by atoms with Gasteiger partial charge in [0.1, 0.15) is 5.82 Å². The summed E-state index contributed by atoms with van der Waals surface area (Å²) in [5.74, 6) is 0.679. The molecule has 13 heavy (non-hydrogen) atoms. The molecule has 0 saturated carbocycles. The van der Waals surface area contributed by atoms with Crippen molar-refractivity contribution in [3.05, 3.63) is 16.3 Å². The summed E-state index contributed by atoms with van der Waals surface area (Å²) in [6.07, 6.45) is 0. The summed E-state index contributed by atoms with van der Waals surface area (Å²) in [5.41, 5.74) is 4.82. The van der Waals surface area contributed by atoms with Gasteiger partial charge in [-0.1, -0.05) is 20.8 Å². The van der Waals surface area contributed by atoms with Crippen LogP contribution in [0.4, 0.5) is 5.95 Å². The van der Waals surface area contributed by atoms with E-state index in [4.69, 9.17) is 5.73 Å². The first-order valence-corrected chi connectivity index (χ1v) is 4.03. The molecule has 0 saturated heterocycles. The molecule has 5 nitrogen and oxygen atoms in total. The molecule has 5 heteroatoms. The molecule has 0 amide bonds. The van der Waals surface area contributed by atoms with Crippen LogP contribution in [-0.4, -0.2) is 14.5 Å². The van der Waals surface area contributed by atoms with Crippen molar-refractivity contribution in [1.29, 1.82) is 0 Å². The molecule has 0 aliphatic heterocycles. The fourth-order valence-corrected chi connectivity index (χ4v) is 1.14. The first-order chi connectivity index (χ1) is 5.82. The molecule has 1 aromatic rings. The first-order valence-electron chi connectivity index (χ1n) is 4.03. The van der Waals surface area contributed by atoms with Crippen LogP contribution in [0, 0.1) is 0 Å². The van der Waals surface area contributed by atoms with E-state index in [1.165, 1.54) is 4.57 Å². The summed E-state index contributed by atoms with van der Waals surface area (Å²) < 4.78 is 1.41. The van der Waals surface area contributed by atoms with Crippen molar-refractivity contribution < 1.29 is 0 Å². The predicted molar refractivity (Wildman–Crippen MR) is 50.4 cm³/mol. The van der Waals surface area contributed by atoms with Gasteiger partial charge in [-0.05, 0) is 0 Å². The maximum Gasteiger partial charge on any atom is 0.351 e. The lowest BCUT2D eigenvalue weighted by Gasteiger charge is -2.19. The molecule has 1 rings (SSSR count). The van der Waals surface area contributed by atoms with E-state index in [0.29, 0.717) is 5.82 Å². The van der Waals surface area contributed by atoms with Gasteiger partial charge < -0.3 is 5.73 Å². The highest BCUT2D eigenvalue weighted by atomic mass is 16.1.